The molecule has 7 nitrogen and oxygen atoms in total. The van der Waals surface area contributed by atoms with Crippen LogP contribution in [-0.4, -0.2) is 41.4 Å². The first-order valence-electron chi connectivity index (χ1n) is 10.3. The highest BCUT2D eigenvalue weighted by Crippen LogP contribution is 2.31. The van der Waals surface area contributed by atoms with Gasteiger partial charge in [0.1, 0.15) is 11.0 Å². The van der Waals surface area contributed by atoms with Crippen LogP contribution in [0.25, 0.3) is 21.3 Å². The van der Waals surface area contributed by atoms with Gasteiger partial charge in [-0.25, -0.2) is 8.42 Å². The largest absolute Gasteiger partial charge is 0.299 e. The summed E-state index contributed by atoms with van der Waals surface area (Å²) in [5.74, 6) is -0.395. The van der Waals surface area contributed by atoms with Crippen LogP contribution >= 0.6 is 27.3 Å². The van der Waals surface area contributed by atoms with Gasteiger partial charge < -0.3 is 0 Å². The molecule has 33 heavy (non-hydrogen) atoms. The van der Waals surface area contributed by atoms with Crippen LogP contribution in [0.1, 0.15) is 12.8 Å². The molecule has 1 aliphatic heterocycles. The third kappa shape index (κ3) is 4.43. The molecule has 1 atom stereocenters. The molecule has 3 aromatic carbocycles. The van der Waals surface area contributed by atoms with Gasteiger partial charge in [-0.15, -0.1) is 10.2 Å². The molecule has 0 bridgehead atoms. The van der Waals surface area contributed by atoms with E-state index < -0.39 is 22.0 Å². The van der Waals surface area contributed by atoms with Crippen LogP contribution < -0.4 is 5.32 Å². The third-order valence-electron chi connectivity index (χ3n) is 5.56. The second-order valence-corrected chi connectivity index (χ2v) is 11.5. The number of carbonyl (C=O) groups is 1. The number of sulfonamides is 1. The highest BCUT2D eigenvalue weighted by Gasteiger charge is 2.39. The molecular formula is C23H19BrN4O3S2. The fourth-order valence-corrected chi connectivity index (χ4v) is 6.79. The van der Waals surface area contributed by atoms with Gasteiger partial charge in [-0.1, -0.05) is 69.7 Å². The Hall–Kier alpha value is -2.66. The number of fused-ring (bicyclic) bond motifs is 1. The van der Waals surface area contributed by atoms with Gasteiger partial charge in [0.25, 0.3) is 0 Å². The van der Waals surface area contributed by atoms with Gasteiger partial charge in [-0.2, -0.15) is 4.31 Å². The van der Waals surface area contributed by atoms with Crippen molar-refractivity contribution < 1.29 is 13.2 Å². The minimum absolute atomic E-state index is 0.189. The molecule has 0 aliphatic carbocycles. The van der Waals surface area contributed by atoms with E-state index in [1.54, 1.807) is 18.2 Å². The molecule has 1 saturated heterocycles. The molecule has 0 unspecified atom stereocenters. The minimum atomic E-state index is -3.82. The van der Waals surface area contributed by atoms with Crippen LogP contribution in [0.3, 0.4) is 0 Å². The normalized spacial score (nSPS) is 16.8. The number of nitrogens with one attached hydrogen (secondary N) is 1. The molecule has 2 heterocycles. The number of nitrogens with zero attached hydrogens (tertiary/aromatic N) is 3. The van der Waals surface area contributed by atoms with Crippen molar-refractivity contribution >= 4 is 59.1 Å². The number of benzene rings is 3. The highest BCUT2D eigenvalue weighted by atomic mass is 79.9. The lowest BCUT2D eigenvalue weighted by Crippen LogP contribution is -2.43. The number of carbonyl (C=O) groups excluding carboxylic acids is 1. The third-order valence-corrected chi connectivity index (χ3v) is 8.85. The first-order chi connectivity index (χ1) is 15.9. The molecule has 1 aliphatic rings. The molecule has 10 heteroatoms. The Morgan fingerprint density at radius 3 is 2.67 bits per heavy atom. The quantitative estimate of drug-likeness (QED) is 0.386. The smallest absolute Gasteiger partial charge is 0.244 e. The van der Waals surface area contributed by atoms with Gasteiger partial charge in [0.05, 0.1) is 4.90 Å². The van der Waals surface area contributed by atoms with E-state index in [0.717, 1.165) is 20.8 Å². The molecule has 0 radical (unpaired) electrons. The molecule has 4 aromatic rings. The monoisotopic (exact) mass is 542 g/mol. The summed E-state index contributed by atoms with van der Waals surface area (Å²) in [6.45, 7) is 0.298. The van der Waals surface area contributed by atoms with E-state index in [1.165, 1.54) is 15.6 Å². The molecule has 0 saturated carbocycles. The SMILES string of the molecule is O=C(Nc1nnc(-c2cccc(Br)c2)s1)[C@@H]1CCCN1S(=O)(=O)c1ccc2ccccc2c1. The number of halogens is 1. The Morgan fingerprint density at radius 1 is 1.03 bits per heavy atom. The lowest BCUT2D eigenvalue weighted by Gasteiger charge is -2.23. The first-order valence-corrected chi connectivity index (χ1v) is 13.4. The van der Waals surface area contributed by atoms with Crippen molar-refractivity contribution in [3.8, 4) is 10.6 Å². The lowest BCUT2D eigenvalue weighted by molar-refractivity contribution is -0.119. The van der Waals surface area contributed by atoms with Crippen LogP contribution in [0, 0.1) is 0 Å². The number of hydrogen-bond donors (Lipinski definition) is 1. The lowest BCUT2D eigenvalue weighted by atomic mass is 10.1. The zero-order chi connectivity index (χ0) is 23.0. The van der Waals surface area contributed by atoms with Crippen LogP contribution in [0.5, 0.6) is 0 Å². The number of anilines is 1. The van der Waals surface area contributed by atoms with Crippen LogP contribution in [0.2, 0.25) is 0 Å². The maximum Gasteiger partial charge on any atom is 0.244 e. The minimum Gasteiger partial charge on any atom is -0.299 e. The van der Waals surface area contributed by atoms with Crippen molar-refractivity contribution in [3.05, 3.63) is 71.2 Å². The number of amides is 1. The summed E-state index contributed by atoms with van der Waals surface area (Å²) in [4.78, 5) is 13.2. The maximum atomic E-state index is 13.4. The number of hydrogen-bond acceptors (Lipinski definition) is 6. The van der Waals surface area contributed by atoms with Crippen LogP contribution in [0.4, 0.5) is 5.13 Å². The highest BCUT2D eigenvalue weighted by molar-refractivity contribution is 9.10. The average molecular weight is 543 g/mol. The fourth-order valence-electron chi connectivity index (χ4n) is 3.95. The summed E-state index contributed by atoms with van der Waals surface area (Å²) in [5, 5.41) is 13.8. The summed E-state index contributed by atoms with van der Waals surface area (Å²) in [6, 6.07) is 19.5. The Kier molecular flexibility index (Phi) is 6.00. The molecule has 1 amide bonds. The van der Waals surface area contributed by atoms with E-state index >= 15 is 0 Å². The van der Waals surface area contributed by atoms with Gasteiger partial charge in [-0.05, 0) is 47.9 Å². The van der Waals surface area contributed by atoms with Crippen LogP contribution in [0.15, 0.2) is 76.1 Å². The molecular weight excluding hydrogens is 524 g/mol. The fraction of sp³-hybridized carbons (Fsp3) is 0.174. The van der Waals surface area contributed by atoms with E-state index in [9.17, 15) is 13.2 Å². The molecule has 1 fully saturated rings. The topological polar surface area (TPSA) is 92.3 Å². The maximum absolute atomic E-state index is 13.4. The zero-order valence-electron chi connectivity index (χ0n) is 17.3. The Labute approximate surface area is 203 Å². The summed E-state index contributed by atoms with van der Waals surface area (Å²) in [7, 11) is -3.82. The van der Waals surface area contributed by atoms with Gasteiger partial charge in [0.2, 0.25) is 21.1 Å². The molecule has 168 valence electrons. The second-order valence-electron chi connectivity index (χ2n) is 7.69. The first kappa shape index (κ1) is 22.1. The summed E-state index contributed by atoms with van der Waals surface area (Å²) >= 11 is 4.68. The summed E-state index contributed by atoms with van der Waals surface area (Å²) < 4.78 is 29.0. The second kappa shape index (κ2) is 8.94. The Balaban J connectivity index is 1.36. The molecule has 1 N–H and O–H groups in total. The van der Waals surface area contributed by atoms with E-state index in [2.05, 4.69) is 31.4 Å². The predicted octanol–water partition coefficient (Wildman–Crippen LogP) is 4.91. The van der Waals surface area contributed by atoms with Gasteiger partial charge in [0, 0.05) is 16.6 Å². The number of rotatable bonds is 5. The summed E-state index contributed by atoms with van der Waals surface area (Å²) in [5.41, 5.74) is 0.878. The van der Waals surface area contributed by atoms with Crippen molar-refractivity contribution in [1.82, 2.24) is 14.5 Å². The average Bonchev–Trinajstić information content (AvgIpc) is 3.49. The van der Waals surface area contributed by atoms with E-state index in [4.69, 9.17) is 0 Å². The van der Waals surface area contributed by atoms with Gasteiger partial charge in [-0.3, -0.25) is 10.1 Å². The zero-order valence-corrected chi connectivity index (χ0v) is 20.5. The van der Waals surface area contributed by atoms with Crippen molar-refractivity contribution in [1.29, 1.82) is 0 Å². The van der Waals surface area contributed by atoms with Crippen molar-refractivity contribution in [2.75, 3.05) is 11.9 Å². The molecule has 5 rings (SSSR count). The summed E-state index contributed by atoms with van der Waals surface area (Å²) in [6.07, 6.45) is 1.07. The van der Waals surface area contributed by atoms with Crippen molar-refractivity contribution in [3.63, 3.8) is 0 Å². The Morgan fingerprint density at radius 2 is 1.85 bits per heavy atom. The predicted molar refractivity (Wildman–Crippen MR) is 133 cm³/mol. The van der Waals surface area contributed by atoms with Crippen molar-refractivity contribution in [2.45, 2.75) is 23.8 Å². The van der Waals surface area contributed by atoms with Gasteiger partial charge >= 0.3 is 0 Å². The molecule has 0 spiro atoms. The standard InChI is InChI=1S/C23H19BrN4O3S2/c24-18-8-3-7-17(13-18)22-26-27-23(32-22)25-21(29)20-9-4-12-28(20)33(30,31)19-11-10-15-5-1-2-6-16(15)14-19/h1-3,5-8,10-11,13-14,20H,4,9,12H2,(H,25,27,29)/t20-/m0/s1. The number of aromatic nitrogens is 2. The van der Waals surface area contributed by atoms with E-state index in [-0.39, 0.29) is 4.90 Å². The van der Waals surface area contributed by atoms with Crippen molar-refractivity contribution in [2.24, 2.45) is 0 Å². The van der Waals surface area contributed by atoms with E-state index in [1.807, 2.05) is 48.5 Å². The van der Waals surface area contributed by atoms with Crippen LogP contribution in [-0.2, 0) is 14.8 Å². The van der Waals surface area contributed by atoms with Gasteiger partial charge in [0.15, 0.2) is 0 Å². The molecule has 1 aromatic heterocycles. The Bertz CT molecular complexity index is 1450. The van der Waals surface area contributed by atoms with E-state index in [0.29, 0.717) is 29.5 Å².